The van der Waals surface area contributed by atoms with Gasteiger partial charge < -0.3 is 14.9 Å². The Bertz CT molecular complexity index is 443. The Kier molecular flexibility index (Phi) is 3.98. The number of nitrogens with zero attached hydrogens (tertiary/aromatic N) is 4. The number of rotatable bonds is 6. The topological polar surface area (TPSA) is 102 Å². The van der Waals surface area contributed by atoms with Crippen molar-refractivity contribution < 1.29 is 14.7 Å². The lowest BCUT2D eigenvalue weighted by atomic mass is 10.3. The Morgan fingerprint density at radius 3 is 2.79 bits per heavy atom. The molecular weight excluding hydrogens is 250 g/mol. The van der Waals surface area contributed by atoms with E-state index in [2.05, 4.69) is 15.2 Å². The van der Waals surface area contributed by atoms with Gasteiger partial charge in [0, 0.05) is 13.6 Å². The summed E-state index contributed by atoms with van der Waals surface area (Å²) in [5, 5.41) is 15.2. The van der Waals surface area contributed by atoms with Crippen LogP contribution in [0.2, 0.25) is 0 Å². The zero-order valence-electron chi connectivity index (χ0n) is 10.7. The molecule has 0 bridgehead atoms. The second-order valence-electron chi connectivity index (χ2n) is 4.79. The molecule has 0 aromatic carbocycles. The van der Waals surface area contributed by atoms with Crippen molar-refractivity contribution in [2.24, 2.45) is 5.92 Å². The van der Waals surface area contributed by atoms with Gasteiger partial charge >= 0.3 is 12.0 Å². The van der Waals surface area contributed by atoms with Gasteiger partial charge in [-0.1, -0.05) is 0 Å². The first-order valence-corrected chi connectivity index (χ1v) is 6.12. The highest BCUT2D eigenvalue weighted by Crippen LogP contribution is 2.29. The number of carboxylic acid groups (broad SMARTS) is 1. The van der Waals surface area contributed by atoms with E-state index in [0.717, 1.165) is 12.8 Å². The number of H-pyrrole nitrogens is 1. The highest BCUT2D eigenvalue weighted by molar-refractivity contribution is 5.80. The minimum atomic E-state index is -0.998. The first-order chi connectivity index (χ1) is 9.06. The zero-order valence-corrected chi connectivity index (χ0v) is 10.7. The van der Waals surface area contributed by atoms with Gasteiger partial charge in [-0.15, -0.1) is 0 Å². The van der Waals surface area contributed by atoms with Gasteiger partial charge in [0.15, 0.2) is 0 Å². The maximum absolute atomic E-state index is 12.2. The Balaban J connectivity index is 1.94. The van der Waals surface area contributed by atoms with Crippen molar-refractivity contribution in [1.29, 1.82) is 0 Å². The summed E-state index contributed by atoms with van der Waals surface area (Å²) in [7, 11) is 1.62. The number of aromatic amines is 1. The molecule has 8 heteroatoms. The second-order valence-corrected chi connectivity index (χ2v) is 4.79. The van der Waals surface area contributed by atoms with E-state index >= 15 is 0 Å². The summed E-state index contributed by atoms with van der Waals surface area (Å²) < 4.78 is 0. The van der Waals surface area contributed by atoms with Crippen LogP contribution in [0.1, 0.15) is 18.7 Å². The van der Waals surface area contributed by atoms with E-state index in [1.165, 1.54) is 16.1 Å². The molecule has 2 N–H and O–H groups in total. The molecule has 19 heavy (non-hydrogen) atoms. The average Bonchev–Trinajstić information content (AvgIpc) is 3.02. The first kappa shape index (κ1) is 13.3. The van der Waals surface area contributed by atoms with Crippen LogP contribution in [-0.2, 0) is 11.3 Å². The van der Waals surface area contributed by atoms with Gasteiger partial charge in [0.05, 0.1) is 6.54 Å². The van der Waals surface area contributed by atoms with Crippen LogP contribution in [0.5, 0.6) is 0 Å². The Labute approximate surface area is 110 Å². The number of hydrogen-bond donors (Lipinski definition) is 2. The smallest absolute Gasteiger partial charge is 0.323 e. The average molecular weight is 267 g/mol. The fourth-order valence-electron chi connectivity index (χ4n) is 1.83. The van der Waals surface area contributed by atoms with Gasteiger partial charge in [0.25, 0.3) is 0 Å². The van der Waals surface area contributed by atoms with Crippen LogP contribution >= 0.6 is 0 Å². The fourth-order valence-corrected chi connectivity index (χ4v) is 1.83. The Hall–Kier alpha value is -2.12. The quantitative estimate of drug-likeness (QED) is 0.764. The number of carbonyl (C=O) groups excluding carboxylic acids is 1. The molecule has 2 amide bonds. The number of urea groups is 1. The number of aliphatic carboxylic acids is 1. The summed E-state index contributed by atoms with van der Waals surface area (Å²) in [4.78, 5) is 29.8. The highest BCUT2D eigenvalue weighted by Gasteiger charge is 2.29. The van der Waals surface area contributed by atoms with Crippen LogP contribution in [0.4, 0.5) is 4.79 Å². The molecule has 1 aromatic heterocycles. The molecule has 1 saturated carbocycles. The predicted octanol–water partition coefficient (Wildman–Crippen LogP) is 0.153. The molecule has 1 aromatic rings. The highest BCUT2D eigenvalue weighted by atomic mass is 16.4. The van der Waals surface area contributed by atoms with Gasteiger partial charge in [0.2, 0.25) is 0 Å². The molecular formula is C11H17N5O3. The van der Waals surface area contributed by atoms with Crippen LogP contribution in [0, 0.1) is 5.92 Å². The minimum Gasteiger partial charge on any atom is -0.480 e. The molecule has 104 valence electrons. The molecule has 8 nitrogen and oxygen atoms in total. The lowest BCUT2D eigenvalue weighted by Gasteiger charge is -2.26. The summed E-state index contributed by atoms with van der Waals surface area (Å²) in [5.41, 5.74) is 0. The van der Waals surface area contributed by atoms with Crippen molar-refractivity contribution in [1.82, 2.24) is 25.0 Å². The van der Waals surface area contributed by atoms with Gasteiger partial charge in [-0.05, 0) is 18.8 Å². The van der Waals surface area contributed by atoms with Crippen molar-refractivity contribution in [3.63, 3.8) is 0 Å². The molecule has 2 rings (SSSR count). The van der Waals surface area contributed by atoms with Gasteiger partial charge in [-0.2, -0.15) is 5.10 Å². The minimum absolute atomic E-state index is 0.268. The van der Waals surface area contributed by atoms with Crippen molar-refractivity contribution >= 4 is 12.0 Å². The summed E-state index contributed by atoms with van der Waals surface area (Å²) in [6.07, 6.45) is 3.50. The molecule has 0 spiro atoms. The van der Waals surface area contributed by atoms with Gasteiger partial charge in [-0.25, -0.2) is 9.78 Å². The standard InChI is InChI=1S/C11H17N5O3/c1-15(5-9-12-7-13-14-9)11(19)16(6-10(17)18)4-8-2-3-8/h7-8H,2-6H2,1H3,(H,17,18)(H,12,13,14). The third-order valence-corrected chi connectivity index (χ3v) is 2.95. The molecule has 1 aliphatic rings. The third kappa shape index (κ3) is 3.94. The first-order valence-electron chi connectivity index (χ1n) is 6.12. The van der Waals surface area contributed by atoms with Crippen LogP contribution < -0.4 is 0 Å². The van der Waals surface area contributed by atoms with Crippen LogP contribution in [0.25, 0.3) is 0 Å². The summed E-state index contributed by atoms with van der Waals surface area (Å²) in [6.45, 7) is 0.515. The van der Waals surface area contributed by atoms with Crippen LogP contribution in [-0.4, -0.2) is 62.2 Å². The monoisotopic (exact) mass is 267 g/mol. The molecule has 1 aliphatic carbocycles. The lowest BCUT2D eigenvalue weighted by Crippen LogP contribution is -2.44. The lowest BCUT2D eigenvalue weighted by molar-refractivity contribution is -0.137. The number of aromatic nitrogens is 3. The van der Waals surface area contributed by atoms with E-state index in [0.29, 0.717) is 18.3 Å². The van der Waals surface area contributed by atoms with E-state index in [4.69, 9.17) is 5.11 Å². The van der Waals surface area contributed by atoms with E-state index < -0.39 is 5.97 Å². The van der Waals surface area contributed by atoms with E-state index in [1.54, 1.807) is 7.05 Å². The predicted molar refractivity (Wildman–Crippen MR) is 65.2 cm³/mol. The molecule has 0 unspecified atom stereocenters. The molecule has 0 saturated heterocycles. The van der Waals surface area contributed by atoms with Crippen molar-refractivity contribution in [2.75, 3.05) is 20.1 Å². The van der Waals surface area contributed by atoms with Gasteiger partial charge in [0.1, 0.15) is 18.7 Å². The summed E-state index contributed by atoms with van der Waals surface area (Å²) in [5.74, 6) is 0.0154. The number of carboxylic acids is 1. The molecule has 1 heterocycles. The Morgan fingerprint density at radius 2 is 2.26 bits per heavy atom. The number of amides is 2. The summed E-state index contributed by atoms with van der Waals surface area (Å²) >= 11 is 0. The molecule has 1 fully saturated rings. The van der Waals surface area contributed by atoms with Crippen molar-refractivity contribution in [2.45, 2.75) is 19.4 Å². The van der Waals surface area contributed by atoms with Crippen molar-refractivity contribution in [3.8, 4) is 0 Å². The van der Waals surface area contributed by atoms with Crippen molar-refractivity contribution in [3.05, 3.63) is 12.2 Å². The zero-order chi connectivity index (χ0) is 13.8. The van der Waals surface area contributed by atoms with E-state index in [1.807, 2.05) is 0 Å². The van der Waals surface area contributed by atoms with Gasteiger partial charge in [-0.3, -0.25) is 9.89 Å². The summed E-state index contributed by atoms with van der Waals surface area (Å²) in [6, 6.07) is -0.300. The third-order valence-electron chi connectivity index (χ3n) is 2.95. The van der Waals surface area contributed by atoms with Crippen LogP contribution in [0.15, 0.2) is 6.33 Å². The molecule has 0 atom stereocenters. The maximum Gasteiger partial charge on any atom is 0.323 e. The van der Waals surface area contributed by atoms with E-state index in [9.17, 15) is 9.59 Å². The maximum atomic E-state index is 12.2. The molecule has 0 radical (unpaired) electrons. The van der Waals surface area contributed by atoms with E-state index in [-0.39, 0.29) is 19.1 Å². The largest absolute Gasteiger partial charge is 0.480 e. The fraction of sp³-hybridized carbons (Fsp3) is 0.636. The second kappa shape index (κ2) is 5.68. The number of nitrogens with one attached hydrogen (secondary N) is 1. The van der Waals surface area contributed by atoms with Crippen LogP contribution in [0.3, 0.4) is 0 Å². The SMILES string of the molecule is CN(Cc1ncn[nH]1)C(=O)N(CC(=O)O)CC1CC1. The molecule has 0 aliphatic heterocycles. The number of hydrogen-bond acceptors (Lipinski definition) is 4. The normalized spacial score (nSPS) is 14.2. The number of carbonyl (C=O) groups is 2. The Morgan fingerprint density at radius 1 is 1.53 bits per heavy atom.